The molecule has 26 valence electrons. The van der Waals surface area contributed by atoms with Gasteiger partial charge < -0.3 is 10.9 Å². The first-order valence-electron chi connectivity index (χ1n) is 0.289. The molecule has 0 aromatic rings. The smallest absolute Gasteiger partial charge is 0.106 e. The van der Waals surface area contributed by atoms with Crippen molar-refractivity contribution in [2.24, 2.45) is 0 Å². The number of hydrogen-bond acceptors (Lipinski definition) is 2. The van der Waals surface area contributed by atoms with Crippen molar-refractivity contribution >= 4 is 6.79 Å². The Morgan fingerprint density at radius 1 is 1.25 bits per heavy atom. The Morgan fingerprint density at radius 2 is 1.25 bits per heavy atom. The third-order valence-corrected chi connectivity index (χ3v) is 0. The van der Waals surface area contributed by atoms with Crippen LogP contribution < -0.4 is 6.15 Å². The second kappa shape index (κ2) is 176. The van der Waals surface area contributed by atoms with E-state index in [1.165, 1.54) is 0 Å². The molecule has 3 heteroatoms. The molecular weight excluding hydrogens is 226 g/mol. The van der Waals surface area contributed by atoms with Crippen molar-refractivity contribution < 1.29 is 25.9 Å². The van der Waals surface area contributed by atoms with Crippen LogP contribution >= 0.6 is 0 Å². The monoisotopic (exact) mass is 231 g/mol. The zero-order chi connectivity index (χ0) is 2.00. The molecule has 2 nitrogen and oxygen atoms in total. The third kappa shape index (κ3) is 39.8. The van der Waals surface area contributed by atoms with Crippen molar-refractivity contribution in [3.05, 3.63) is 0 Å². The van der Waals surface area contributed by atoms with Gasteiger partial charge in [0.1, 0.15) is 6.79 Å². The van der Waals surface area contributed by atoms with Crippen LogP contribution in [-0.4, -0.2) is 6.79 Å². The van der Waals surface area contributed by atoms with Gasteiger partial charge in [0.05, 0.1) is 0 Å². The standard InChI is InChI=1S/CH2O.H3N.W/c1-2;;/h1H2;1H3;. The van der Waals surface area contributed by atoms with Gasteiger partial charge in [-0.3, -0.25) is 0 Å². The molecular formula is CH5NOW. The zero-order valence-electron chi connectivity index (χ0n) is 2.23. The van der Waals surface area contributed by atoms with Gasteiger partial charge in [-0.15, -0.1) is 0 Å². The van der Waals surface area contributed by atoms with Gasteiger partial charge in [0.15, 0.2) is 0 Å². The average molecular weight is 231 g/mol. The molecule has 0 fully saturated rings. The van der Waals surface area contributed by atoms with Crippen molar-refractivity contribution in [3.8, 4) is 0 Å². The fraction of sp³-hybridized carbons (Fsp3) is 0. The van der Waals surface area contributed by atoms with Crippen LogP contribution in [0.3, 0.4) is 0 Å². The average Bonchev–Trinajstić information content (AvgIpc) is 1.00. The van der Waals surface area contributed by atoms with Crippen molar-refractivity contribution in [3.63, 3.8) is 0 Å². The van der Waals surface area contributed by atoms with Crippen LogP contribution in [0.4, 0.5) is 0 Å². The Hall–Kier alpha value is 0.318. The summed E-state index contributed by atoms with van der Waals surface area (Å²) in [6.07, 6.45) is 0. The number of carbonyl (C=O) groups is 1. The maximum Gasteiger partial charge on any atom is 0.106 e. The van der Waals surface area contributed by atoms with Gasteiger partial charge in [-0.05, 0) is 0 Å². The van der Waals surface area contributed by atoms with Crippen LogP contribution in [0.5, 0.6) is 0 Å². The van der Waals surface area contributed by atoms with Crippen LogP contribution in [0.25, 0.3) is 0 Å². The van der Waals surface area contributed by atoms with Crippen LogP contribution in [0.2, 0.25) is 0 Å². The van der Waals surface area contributed by atoms with E-state index in [0.29, 0.717) is 0 Å². The Morgan fingerprint density at radius 3 is 1.25 bits per heavy atom. The van der Waals surface area contributed by atoms with Crippen molar-refractivity contribution in [2.45, 2.75) is 0 Å². The first kappa shape index (κ1) is 27.4. The molecule has 0 amide bonds. The predicted molar refractivity (Wildman–Crippen MR) is 12.1 cm³/mol. The summed E-state index contributed by atoms with van der Waals surface area (Å²) < 4.78 is 0. The quantitative estimate of drug-likeness (QED) is 0.636. The summed E-state index contributed by atoms with van der Waals surface area (Å²) in [5, 5.41) is 0. The van der Waals surface area contributed by atoms with Crippen molar-refractivity contribution in [1.29, 1.82) is 0 Å². The molecule has 0 aliphatic rings. The molecule has 0 radical (unpaired) electrons. The van der Waals surface area contributed by atoms with E-state index in [2.05, 4.69) is 0 Å². The molecule has 0 rings (SSSR count). The molecule has 0 atom stereocenters. The summed E-state index contributed by atoms with van der Waals surface area (Å²) >= 11 is 0. The van der Waals surface area contributed by atoms with E-state index < -0.39 is 0 Å². The minimum absolute atomic E-state index is 0. The fourth-order valence-corrected chi connectivity index (χ4v) is 0. The molecule has 0 heterocycles. The number of hydrogen-bond donors (Lipinski definition) is 1. The molecule has 0 saturated heterocycles. The molecule has 0 aliphatic carbocycles. The summed E-state index contributed by atoms with van der Waals surface area (Å²) in [6, 6.07) is 0. The largest absolute Gasteiger partial charge is 0.344 e. The predicted octanol–water partition coefficient (Wildman–Crippen LogP) is -0.0254. The van der Waals surface area contributed by atoms with Crippen LogP contribution in [-0.2, 0) is 25.9 Å². The molecule has 0 saturated carbocycles. The summed E-state index contributed by atoms with van der Waals surface area (Å²) in [6.45, 7) is 2.00. The summed E-state index contributed by atoms with van der Waals surface area (Å²) in [7, 11) is 0. The first-order valence-corrected chi connectivity index (χ1v) is 0.289. The number of rotatable bonds is 0. The Balaban J connectivity index is -0.00000000500. The normalized spacial score (nSPS) is 1.00. The van der Waals surface area contributed by atoms with Gasteiger partial charge in [0.25, 0.3) is 0 Å². The van der Waals surface area contributed by atoms with Gasteiger partial charge in [0, 0.05) is 21.1 Å². The van der Waals surface area contributed by atoms with E-state index in [1.54, 1.807) is 0 Å². The molecule has 0 aliphatic heterocycles. The fourth-order valence-electron chi connectivity index (χ4n) is 0. The summed E-state index contributed by atoms with van der Waals surface area (Å²) in [5.74, 6) is 0. The molecule has 0 unspecified atom stereocenters. The third-order valence-electron chi connectivity index (χ3n) is 0. The Bertz CT molecular complexity index is 8.00. The van der Waals surface area contributed by atoms with Gasteiger partial charge >= 0.3 is 0 Å². The maximum absolute atomic E-state index is 8.00. The summed E-state index contributed by atoms with van der Waals surface area (Å²) in [4.78, 5) is 8.00. The van der Waals surface area contributed by atoms with E-state index in [0.717, 1.165) is 0 Å². The first-order chi connectivity index (χ1) is 1.00. The van der Waals surface area contributed by atoms with Crippen molar-refractivity contribution in [1.82, 2.24) is 6.15 Å². The van der Waals surface area contributed by atoms with Crippen molar-refractivity contribution in [2.75, 3.05) is 0 Å². The van der Waals surface area contributed by atoms with E-state index in [9.17, 15) is 0 Å². The minimum atomic E-state index is 0. The Kier molecular flexibility index (Phi) is 1200. The SMILES string of the molecule is C=O.N.[W]. The molecule has 0 spiro atoms. The molecule has 3 N–H and O–H groups in total. The van der Waals surface area contributed by atoms with E-state index in [4.69, 9.17) is 4.79 Å². The minimum Gasteiger partial charge on any atom is -0.344 e. The van der Waals surface area contributed by atoms with E-state index in [-0.39, 0.29) is 27.2 Å². The summed E-state index contributed by atoms with van der Waals surface area (Å²) in [5.41, 5.74) is 0. The number of carbonyl (C=O) groups excluding carboxylic acids is 1. The Labute approximate surface area is 39.4 Å². The molecule has 0 aromatic carbocycles. The molecule has 0 bridgehead atoms. The van der Waals surface area contributed by atoms with Gasteiger partial charge in [-0.25, -0.2) is 0 Å². The van der Waals surface area contributed by atoms with Gasteiger partial charge in [-0.2, -0.15) is 0 Å². The van der Waals surface area contributed by atoms with Gasteiger partial charge in [0.2, 0.25) is 0 Å². The van der Waals surface area contributed by atoms with E-state index in [1.807, 2.05) is 6.79 Å². The second-order valence-corrected chi connectivity index (χ2v) is 0. The molecule has 4 heavy (non-hydrogen) atoms. The van der Waals surface area contributed by atoms with Crippen LogP contribution in [0.1, 0.15) is 0 Å². The topological polar surface area (TPSA) is 52.1 Å². The zero-order valence-corrected chi connectivity index (χ0v) is 5.16. The molecule has 0 aromatic heterocycles. The maximum atomic E-state index is 8.00. The second-order valence-electron chi connectivity index (χ2n) is 0. The van der Waals surface area contributed by atoms with E-state index >= 15 is 0 Å². The van der Waals surface area contributed by atoms with Crippen LogP contribution in [0, 0.1) is 0 Å². The van der Waals surface area contributed by atoms with Gasteiger partial charge in [-0.1, -0.05) is 0 Å². The van der Waals surface area contributed by atoms with Crippen LogP contribution in [0.15, 0.2) is 0 Å².